The third kappa shape index (κ3) is 11.3. The number of benzene rings is 3. The summed E-state index contributed by atoms with van der Waals surface area (Å²) in [7, 11) is 3.23. The highest BCUT2D eigenvalue weighted by Gasteiger charge is 2.27. The van der Waals surface area contributed by atoms with Crippen molar-refractivity contribution in [2.24, 2.45) is 0 Å². The summed E-state index contributed by atoms with van der Waals surface area (Å²) in [5.41, 5.74) is 5.25. The van der Waals surface area contributed by atoms with Crippen LogP contribution >= 0.6 is 0 Å². The van der Waals surface area contributed by atoms with E-state index in [1.165, 1.54) is 23.1 Å². The minimum Gasteiger partial charge on any atom is -0.390 e. The van der Waals surface area contributed by atoms with Crippen LogP contribution in [0, 0.1) is 0 Å². The first-order chi connectivity index (χ1) is 22.6. The number of hydrogen-bond acceptors (Lipinski definition) is 6. The summed E-state index contributed by atoms with van der Waals surface area (Å²) in [5, 5.41) is 16.1. The predicted octanol–water partition coefficient (Wildman–Crippen LogP) is 3.95. The molecule has 2 unspecified atom stereocenters. The Morgan fingerprint density at radius 2 is 1.28 bits per heavy atom. The summed E-state index contributed by atoms with van der Waals surface area (Å²) in [6.07, 6.45) is 0.973. The molecule has 10 heteroatoms. The van der Waals surface area contributed by atoms with Crippen molar-refractivity contribution in [3.8, 4) is 0 Å². The van der Waals surface area contributed by atoms with Gasteiger partial charge in [-0.3, -0.25) is 24.6 Å². The van der Waals surface area contributed by atoms with Crippen molar-refractivity contribution in [3.05, 3.63) is 107 Å². The molecule has 0 aromatic heterocycles. The molecule has 0 aliphatic heterocycles. The van der Waals surface area contributed by atoms with E-state index < -0.39 is 18.1 Å². The predicted molar refractivity (Wildman–Crippen MR) is 184 cm³/mol. The first-order valence-electron chi connectivity index (χ1n) is 16.3. The van der Waals surface area contributed by atoms with Gasteiger partial charge in [0.25, 0.3) is 17.7 Å². The summed E-state index contributed by atoms with van der Waals surface area (Å²) in [6.45, 7) is 7.45. The van der Waals surface area contributed by atoms with Gasteiger partial charge in [-0.05, 0) is 48.6 Å². The molecule has 0 heterocycles. The first kappa shape index (κ1) is 36.9. The number of carbonyl (C=O) groups is 4. The molecule has 10 nitrogen and oxygen atoms in total. The number of aliphatic hydroxyl groups is 1. The van der Waals surface area contributed by atoms with Gasteiger partial charge in [-0.25, -0.2) is 5.01 Å². The van der Waals surface area contributed by atoms with Gasteiger partial charge in [0.2, 0.25) is 5.91 Å². The Labute approximate surface area is 278 Å². The van der Waals surface area contributed by atoms with Crippen LogP contribution < -0.4 is 10.7 Å². The minimum atomic E-state index is -1.08. The second-order valence-electron chi connectivity index (χ2n) is 11.9. The molecule has 2 atom stereocenters. The summed E-state index contributed by atoms with van der Waals surface area (Å²) in [4.78, 5) is 56.4. The fraction of sp³-hybridized carbons (Fsp3) is 0.405. The number of rotatable bonds is 17. The molecule has 47 heavy (non-hydrogen) atoms. The number of carbonyl (C=O) groups excluding carboxylic acids is 4. The Hall–Kier alpha value is -4.54. The van der Waals surface area contributed by atoms with Gasteiger partial charge in [-0.15, -0.1) is 0 Å². The van der Waals surface area contributed by atoms with E-state index in [1.54, 1.807) is 24.0 Å². The molecular formula is C37H49N5O5. The minimum absolute atomic E-state index is 0.0562. The number of hydrazine groups is 1. The van der Waals surface area contributed by atoms with E-state index in [2.05, 4.69) is 10.7 Å². The SMILES string of the molecule is CCCN(CCC)C(=O)c1cc(C(=O)NC(Cc2ccccc2)C(O)CN(CC)NC(=O)Cc2ccccc2)cc(C(=O)N(C)C)c1. The number of nitrogens with one attached hydrogen (secondary N) is 2. The van der Waals surface area contributed by atoms with Gasteiger partial charge in [0.15, 0.2) is 0 Å². The number of nitrogens with zero attached hydrogens (tertiary/aromatic N) is 3. The van der Waals surface area contributed by atoms with Crippen molar-refractivity contribution in [1.82, 2.24) is 25.6 Å². The summed E-state index contributed by atoms with van der Waals surface area (Å²) >= 11 is 0. The maximum absolute atomic E-state index is 13.9. The molecular weight excluding hydrogens is 594 g/mol. The first-order valence-corrected chi connectivity index (χ1v) is 16.3. The molecule has 4 amide bonds. The van der Waals surface area contributed by atoms with E-state index >= 15 is 0 Å². The van der Waals surface area contributed by atoms with E-state index in [4.69, 9.17) is 0 Å². The fourth-order valence-corrected chi connectivity index (χ4v) is 5.31. The fourth-order valence-electron chi connectivity index (χ4n) is 5.31. The lowest BCUT2D eigenvalue weighted by Crippen LogP contribution is -2.53. The summed E-state index contributed by atoms with van der Waals surface area (Å²) < 4.78 is 0. The van der Waals surface area contributed by atoms with Crippen LogP contribution in [0.5, 0.6) is 0 Å². The molecule has 0 radical (unpaired) electrons. The molecule has 0 saturated heterocycles. The van der Waals surface area contributed by atoms with Crippen LogP contribution in [0.4, 0.5) is 0 Å². The molecule has 3 aromatic rings. The molecule has 3 aromatic carbocycles. The Morgan fingerprint density at radius 1 is 0.745 bits per heavy atom. The van der Waals surface area contributed by atoms with Crippen LogP contribution in [0.25, 0.3) is 0 Å². The van der Waals surface area contributed by atoms with Crippen LogP contribution in [-0.4, -0.2) is 96.0 Å². The van der Waals surface area contributed by atoms with Gasteiger partial charge in [0, 0.05) is 57.0 Å². The largest absolute Gasteiger partial charge is 0.390 e. The lowest BCUT2D eigenvalue weighted by molar-refractivity contribution is -0.125. The Kier molecular flexibility index (Phi) is 14.6. The Balaban J connectivity index is 1.88. The highest BCUT2D eigenvalue weighted by atomic mass is 16.3. The molecule has 0 aliphatic carbocycles. The number of aliphatic hydroxyl groups excluding tert-OH is 1. The Bertz CT molecular complexity index is 1460. The zero-order valence-electron chi connectivity index (χ0n) is 28.2. The van der Waals surface area contributed by atoms with Gasteiger partial charge in [0.1, 0.15) is 0 Å². The smallest absolute Gasteiger partial charge is 0.253 e. The highest BCUT2D eigenvalue weighted by molar-refractivity contribution is 6.04. The third-order valence-electron chi connectivity index (χ3n) is 7.73. The third-order valence-corrected chi connectivity index (χ3v) is 7.73. The van der Waals surface area contributed by atoms with E-state index in [1.807, 2.05) is 81.4 Å². The van der Waals surface area contributed by atoms with Crippen LogP contribution in [0.3, 0.4) is 0 Å². The quantitative estimate of drug-likeness (QED) is 0.192. The average Bonchev–Trinajstić information content (AvgIpc) is 3.07. The zero-order chi connectivity index (χ0) is 34.3. The van der Waals surface area contributed by atoms with E-state index in [0.29, 0.717) is 26.1 Å². The average molecular weight is 644 g/mol. The van der Waals surface area contributed by atoms with Crippen molar-refractivity contribution in [1.29, 1.82) is 0 Å². The number of amides is 4. The standard InChI is InChI=1S/C37H49N5O5/c1-6-19-41(20-7-2)37(47)31-24-29(23-30(25-31)36(46)40(4)5)35(45)38-32(21-27-15-11-9-12-16-27)33(43)26-42(8-3)39-34(44)22-28-17-13-10-14-18-28/h9-18,23-25,32-33,43H,6-8,19-22,26H2,1-5H3,(H,38,45)(H,39,44). The monoisotopic (exact) mass is 643 g/mol. The zero-order valence-corrected chi connectivity index (χ0v) is 28.2. The van der Waals surface area contributed by atoms with Gasteiger partial charge in [0.05, 0.1) is 18.6 Å². The molecule has 0 saturated carbocycles. The molecule has 0 aliphatic rings. The normalized spacial score (nSPS) is 12.2. The summed E-state index contributed by atoms with van der Waals surface area (Å²) in [6, 6.07) is 22.6. The molecule has 0 bridgehead atoms. The molecule has 0 spiro atoms. The van der Waals surface area contributed by atoms with Crippen molar-refractivity contribution in [3.63, 3.8) is 0 Å². The lowest BCUT2D eigenvalue weighted by Gasteiger charge is -2.30. The van der Waals surface area contributed by atoms with Crippen LogP contribution in [0.15, 0.2) is 78.9 Å². The van der Waals surface area contributed by atoms with Crippen LogP contribution in [0.2, 0.25) is 0 Å². The molecule has 0 fully saturated rings. The molecule has 3 rings (SSSR count). The van der Waals surface area contributed by atoms with E-state index in [0.717, 1.165) is 24.0 Å². The topological polar surface area (TPSA) is 122 Å². The van der Waals surface area contributed by atoms with Gasteiger partial charge >= 0.3 is 0 Å². The Morgan fingerprint density at radius 3 is 1.81 bits per heavy atom. The van der Waals surface area contributed by atoms with Gasteiger partial charge in [-0.2, -0.15) is 0 Å². The lowest BCUT2D eigenvalue weighted by atomic mass is 9.99. The summed E-state index contributed by atoms with van der Waals surface area (Å²) in [5.74, 6) is -1.33. The van der Waals surface area contributed by atoms with E-state index in [9.17, 15) is 24.3 Å². The maximum atomic E-state index is 13.9. The van der Waals surface area contributed by atoms with Crippen molar-refractivity contribution < 1.29 is 24.3 Å². The second-order valence-corrected chi connectivity index (χ2v) is 11.9. The number of likely N-dealkylation sites (N-methyl/N-ethyl adjacent to an activating group) is 1. The second kappa shape index (κ2) is 18.6. The maximum Gasteiger partial charge on any atom is 0.253 e. The van der Waals surface area contributed by atoms with Crippen molar-refractivity contribution >= 4 is 23.6 Å². The van der Waals surface area contributed by atoms with Gasteiger partial charge < -0.3 is 20.2 Å². The van der Waals surface area contributed by atoms with Crippen LogP contribution in [-0.2, 0) is 17.6 Å². The van der Waals surface area contributed by atoms with Crippen molar-refractivity contribution in [2.75, 3.05) is 40.3 Å². The van der Waals surface area contributed by atoms with Crippen molar-refractivity contribution in [2.45, 2.75) is 58.6 Å². The van der Waals surface area contributed by atoms with E-state index in [-0.39, 0.29) is 47.4 Å². The highest BCUT2D eigenvalue weighted by Crippen LogP contribution is 2.17. The molecule has 3 N–H and O–H groups in total. The van der Waals surface area contributed by atoms with Gasteiger partial charge in [-0.1, -0.05) is 81.4 Å². The van der Waals surface area contributed by atoms with Crippen LogP contribution in [0.1, 0.15) is 75.8 Å². The molecule has 252 valence electrons. The number of hydrogen-bond donors (Lipinski definition) is 3.